The normalized spacial score (nSPS) is 11.4. The van der Waals surface area contributed by atoms with Gasteiger partial charge in [0.25, 0.3) is 0 Å². The van der Waals surface area contributed by atoms with E-state index in [-0.39, 0.29) is 44.0 Å². The molecule has 2 unspecified atom stereocenters. The third kappa shape index (κ3) is 12.4. The first kappa shape index (κ1) is 36.2. The van der Waals surface area contributed by atoms with Crippen molar-refractivity contribution in [2.45, 2.75) is 45.4 Å². The number of amides is 1. The standard InChI is InChI=1S/C17H20NO2.C15H19NO5.V/c1-12-5-4-6-14(9-12)16-10-15(19-3)7-8-17(16)20-11-13(2)18;1-16(11-17)13(8-9-14(18)20-2)15(19)21-10-12-6-4-3-5-7-12;/h4-10,13,18H,11H2,1-3H3;3-7,11,13H,8-10H2,1-2H3;/q-1;;. The molecule has 0 fully saturated rings. The summed E-state index contributed by atoms with van der Waals surface area (Å²) in [5.74, 6) is 0.607. The molecular weight excluding hydrogens is 575 g/mol. The van der Waals surface area contributed by atoms with Gasteiger partial charge in [-0.05, 0) is 42.7 Å². The summed E-state index contributed by atoms with van der Waals surface area (Å²) in [6, 6.07) is 22.2. The zero-order valence-corrected chi connectivity index (χ0v) is 26.1. The molecule has 42 heavy (non-hydrogen) atoms. The number of methoxy groups -OCH3 is 2. The molecule has 0 aliphatic heterocycles. The largest absolute Gasteiger partial charge is 0.672 e. The van der Waals surface area contributed by atoms with Crippen LogP contribution in [0.4, 0.5) is 0 Å². The summed E-state index contributed by atoms with van der Waals surface area (Å²) in [7, 11) is 4.40. The van der Waals surface area contributed by atoms with E-state index in [2.05, 4.69) is 29.9 Å². The summed E-state index contributed by atoms with van der Waals surface area (Å²) < 4.78 is 20.8. The second-order valence-corrected chi connectivity index (χ2v) is 9.44. The first-order valence-electron chi connectivity index (χ1n) is 13.2. The maximum absolute atomic E-state index is 12.0. The smallest absolute Gasteiger partial charge is 0.329 e. The maximum atomic E-state index is 12.0. The number of aryl methyl sites for hydroxylation is 1. The zero-order chi connectivity index (χ0) is 30.2. The van der Waals surface area contributed by atoms with Gasteiger partial charge < -0.3 is 29.6 Å². The van der Waals surface area contributed by atoms with Crippen molar-refractivity contribution >= 4 is 18.3 Å². The Hall–Kier alpha value is -3.79. The quantitative estimate of drug-likeness (QED) is 0.181. The Morgan fingerprint density at radius 2 is 1.71 bits per heavy atom. The van der Waals surface area contributed by atoms with Gasteiger partial charge in [0, 0.05) is 37.6 Å². The predicted octanol–water partition coefficient (Wildman–Crippen LogP) is 5.63. The van der Waals surface area contributed by atoms with Crippen LogP contribution < -0.4 is 9.47 Å². The Morgan fingerprint density at radius 1 is 1.00 bits per heavy atom. The molecule has 1 radical (unpaired) electrons. The van der Waals surface area contributed by atoms with Crippen LogP contribution in [0.25, 0.3) is 16.9 Å². The molecule has 0 heterocycles. The van der Waals surface area contributed by atoms with E-state index in [1.54, 1.807) is 7.11 Å². The Bertz CT molecular complexity index is 1250. The number of likely N-dealkylation sites (N-methyl/N-ethyl adjacent to an activating group) is 1. The van der Waals surface area contributed by atoms with E-state index in [4.69, 9.17) is 19.9 Å². The molecule has 0 bridgehead atoms. The fourth-order valence-corrected chi connectivity index (χ4v) is 3.76. The van der Waals surface area contributed by atoms with Crippen molar-refractivity contribution in [2.24, 2.45) is 0 Å². The number of nitrogens with one attached hydrogen (secondary N) is 1. The monoisotopic (exact) mass is 614 g/mol. The van der Waals surface area contributed by atoms with Gasteiger partial charge in [0.05, 0.1) is 20.8 Å². The van der Waals surface area contributed by atoms with Crippen LogP contribution in [0.1, 0.15) is 30.9 Å². The third-order valence-electron chi connectivity index (χ3n) is 6.01. The van der Waals surface area contributed by atoms with Gasteiger partial charge in [0.2, 0.25) is 6.41 Å². The van der Waals surface area contributed by atoms with Crippen molar-refractivity contribution in [1.29, 1.82) is 0 Å². The molecule has 0 saturated carbocycles. The van der Waals surface area contributed by atoms with Crippen LogP contribution in [0.5, 0.6) is 11.5 Å². The number of benzene rings is 3. The van der Waals surface area contributed by atoms with Crippen LogP contribution in [0.15, 0.2) is 72.8 Å². The van der Waals surface area contributed by atoms with Crippen LogP contribution in [0.2, 0.25) is 0 Å². The summed E-state index contributed by atoms with van der Waals surface area (Å²) >= 11 is 0. The molecule has 3 aromatic rings. The molecule has 225 valence electrons. The van der Waals surface area contributed by atoms with Crippen molar-refractivity contribution in [3.63, 3.8) is 0 Å². The molecule has 10 heteroatoms. The van der Waals surface area contributed by atoms with E-state index >= 15 is 0 Å². The van der Waals surface area contributed by atoms with Crippen LogP contribution in [-0.4, -0.2) is 63.2 Å². The van der Waals surface area contributed by atoms with Gasteiger partial charge in [0.15, 0.2) is 0 Å². The van der Waals surface area contributed by atoms with Crippen LogP contribution in [0, 0.1) is 6.92 Å². The van der Waals surface area contributed by atoms with E-state index in [0.29, 0.717) is 13.0 Å². The number of hydrogen-bond donors (Lipinski definition) is 0. The van der Waals surface area contributed by atoms with Crippen molar-refractivity contribution < 1.29 is 51.9 Å². The summed E-state index contributed by atoms with van der Waals surface area (Å²) in [5, 5.41) is 0. The molecule has 9 nitrogen and oxygen atoms in total. The minimum Gasteiger partial charge on any atom is -0.672 e. The predicted molar refractivity (Wildman–Crippen MR) is 158 cm³/mol. The average molecular weight is 615 g/mol. The molecule has 3 aromatic carbocycles. The molecule has 2 atom stereocenters. The Kier molecular flexibility index (Phi) is 16.7. The maximum Gasteiger partial charge on any atom is 0.329 e. The van der Waals surface area contributed by atoms with E-state index in [9.17, 15) is 14.4 Å². The van der Waals surface area contributed by atoms with Crippen LogP contribution >= 0.6 is 0 Å². The summed E-state index contributed by atoms with van der Waals surface area (Å²) in [6.45, 7) is 4.39. The Morgan fingerprint density at radius 3 is 2.31 bits per heavy atom. The van der Waals surface area contributed by atoms with Crippen LogP contribution in [-0.2, 0) is 49.0 Å². The first-order chi connectivity index (χ1) is 19.7. The minimum absolute atomic E-state index is 0. The van der Waals surface area contributed by atoms with Gasteiger partial charge >= 0.3 is 11.9 Å². The number of carbonyl (C=O) groups excluding carboxylic acids is 3. The third-order valence-corrected chi connectivity index (χ3v) is 6.01. The Labute approximate surface area is 260 Å². The fraction of sp³-hybridized carbons (Fsp3) is 0.344. The number of carbonyl (C=O) groups is 3. The van der Waals surface area contributed by atoms with E-state index in [1.807, 2.05) is 61.5 Å². The Balaban J connectivity index is 0.000000410. The second kappa shape index (κ2) is 19.4. The number of hydrogen-bond acceptors (Lipinski definition) is 7. The number of esters is 2. The van der Waals surface area contributed by atoms with Crippen LogP contribution in [0.3, 0.4) is 0 Å². The van der Waals surface area contributed by atoms with Gasteiger partial charge in [-0.1, -0.05) is 67.1 Å². The molecular formula is C32H39N2O7V-. The molecule has 0 saturated heterocycles. The van der Waals surface area contributed by atoms with Crippen molar-refractivity contribution in [3.05, 3.63) is 89.7 Å². The van der Waals surface area contributed by atoms with Gasteiger partial charge in [-0.2, -0.15) is 0 Å². The van der Waals surface area contributed by atoms with E-state index < -0.39 is 18.0 Å². The van der Waals surface area contributed by atoms with Gasteiger partial charge in [-0.25, -0.2) is 4.79 Å². The fourth-order valence-electron chi connectivity index (χ4n) is 3.76. The minimum atomic E-state index is -0.801. The molecule has 0 aliphatic rings. The van der Waals surface area contributed by atoms with Crippen molar-refractivity contribution in [1.82, 2.24) is 4.90 Å². The van der Waals surface area contributed by atoms with E-state index in [0.717, 1.165) is 28.2 Å². The van der Waals surface area contributed by atoms with Gasteiger partial charge in [0.1, 0.15) is 24.1 Å². The van der Waals surface area contributed by atoms with Crippen molar-refractivity contribution in [2.75, 3.05) is 27.9 Å². The summed E-state index contributed by atoms with van der Waals surface area (Å²) in [4.78, 5) is 35.2. The first-order valence-corrected chi connectivity index (χ1v) is 13.2. The average Bonchev–Trinajstić information content (AvgIpc) is 2.99. The second-order valence-electron chi connectivity index (χ2n) is 9.44. The molecule has 1 amide bonds. The zero-order valence-electron chi connectivity index (χ0n) is 24.7. The number of ether oxygens (including phenoxy) is 4. The van der Waals surface area contributed by atoms with Gasteiger partial charge in [-0.3, -0.25) is 9.59 Å². The van der Waals surface area contributed by atoms with E-state index in [1.165, 1.54) is 24.6 Å². The summed E-state index contributed by atoms with van der Waals surface area (Å²) in [6.07, 6.45) is 0.737. The molecule has 0 aliphatic carbocycles. The number of rotatable bonds is 13. The molecule has 3 rings (SSSR count). The SMILES string of the molecule is COC(=O)CCC(C(=O)OCc1ccccc1)N(C)C=O.COc1ccc(OCC(C)[NH-])c(-c2cccc(C)c2)c1.[V]. The molecule has 0 aromatic heterocycles. The molecule has 1 N–H and O–H groups in total. The topological polar surface area (TPSA) is 115 Å². The van der Waals surface area contributed by atoms with Gasteiger partial charge in [-0.15, -0.1) is 6.04 Å². The number of nitrogens with zero attached hydrogens (tertiary/aromatic N) is 1. The van der Waals surface area contributed by atoms with Crippen molar-refractivity contribution in [3.8, 4) is 22.6 Å². The molecule has 0 spiro atoms. The summed E-state index contributed by atoms with van der Waals surface area (Å²) in [5.41, 5.74) is 11.7.